The zero-order valence-electron chi connectivity index (χ0n) is 17.1. The van der Waals surface area contributed by atoms with Gasteiger partial charge in [-0.25, -0.2) is 14.5 Å². The van der Waals surface area contributed by atoms with Crippen LogP contribution in [-0.2, 0) is 13.6 Å². The number of anilines is 1. The molecule has 0 atom stereocenters. The number of piperazine rings is 1. The highest BCUT2D eigenvalue weighted by Gasteiger charge is 2.19. The predicted molar refractivity (Wildman–Crippen MR) is 114 cm³/mol. The van der Waals surface area contributed by atoms with Crippen LogP contribution in [0.3, 0.4) is 0 Å². The minimum Gasteiger partial charge on any atom is -0.478 e. The van der Waals surface area contributed by atoms with Crippen molar-refractivity contribution in [2.45, 2.75) is 6.54 Å². The Morgan fingerprint density at radius 2 is 1.87 bits per heavy atom. The number of rotatable bonds is 5. The molecule has 0 bridgehead atoms. The Morgan fingerprint density at radius 3 is 2.61 bits per heavy atom. The molecule has 1 fully saturated rings. The van der Waals surface area contributed by atoms with Crippen LogP contribution in [0.5, 0.6) is 0 Å². The molecule has 0 amide bonds. The molecule has 0 spiro atoms. The molecule has 4 aromatic rings. The number of imidazole rings is 1. The van der Waals surface area contributed by atoms with Crippen LogP contribution in [0.25, 0.3) is 16.7 Å². The summed E-state index contributed by atoms with van der Waals surface area (Å²) in [6.07, 6.45) is 1.74. The second kappa shape index (κ2) is 7.80. The van der Waals surface area contributed by atoms with Gasteiger partial charge in [0.15, 0.2) is 5.82 Å². The summed E-state index contributed by atoms with van der Waals surface area (Å²) in [6.45, 7) is 4.45. The van der Waals surface area contributed by atoms with Crippen molar-refractivity contribution in [1.29, 1.82) is 0 Å². The summed E-state index contributed by atoms with van der Waals surface area (Å²) in [5.74, 6) is -0.0819. The molecule has 10 heteroatoms. The third-order valence-electron chi connectivity index (χ3n) is 5.71. The molecule has 2 aromatic carbocycles. The average molecular weight is 418 g/mol. The van der Waals surface area contributed by atoms with Crippen molar-refractivity contribution in [2.24, 2.45) is 7.05 Å². The van der Waals surface area contributed by atoms with Crippen molar-refractivity contribution in [3.8, 4) is 5.69 Å². The van der Waals surface area contributed by atoms with Gasteiger partial charge in [-0.05, 0) is 46.8 Å². The number of tetrazole rings is 1. The van der Waals surface area contributed by atoms with Gasteiger partial charge in [0.25, 0.3) is 0 Å². The normalized spacial score (nSPS) is 14.9. The van der Waals surface area contributed by atoms with Crippen LogP contribution in [0.1, 0.15) is 16.2 Å². The number of aryl methyl sites for hydroxylation is 1. The number of benzene rings is 2. The molecule has 1 aliphatic rings. The number of carboxylic acids is 1. The molecule has 0 unspecified atom stereocenters. The van der Waals surface area contributed by atoms with Gasteiger partial charge in [-0.1, -0.05) is 6.07 Å². The number of carbonyl (C=O) groups is 1. The number of aromatic nitrogens is 6. The van der Waals surface area contributed by atoms with Crippen molar-refractivity contribution in [1.82, 2.24) is 34.7 Å². The Labute approximate surface area is 178 Å². The third-order valence-corrected chi connectivity index (χ3v) is 5.71. The lowest BCUT2D eigenvalue weighted by Gasteiger charge is -2.35. The van der Waals surface area contributed by atoms with E-state index in [1.807, 2.05) is 23.7 Å². The van der Waals surface area contributed by atoms with Gasteiger partial charge >= 0.3 is 5.97 Å². The van der Waals surface area contributed by atoms with Crippen LogP contribution in [0.15, 0.2) is 48.8 Å². The number of fused-ring (bicyclic) bond motifs is 1. The van der Waals surface area contributed by atoms with E-state index in [1.165, 1.54) is 0 Å². The Hall–Kier alpha value is -3.79. The van der Waals surface area contributed by atoms with Gasteiger partial charge in [-0.3, -0.25) is 9.47 Å². The maximum absolute atomic E-state index is 11.2. The number of aromatic carboxylic acids is 1. The molecular formula is C21H22N8O2. The molecule has 5 rings (SSSR count). The van der Waals surface area contributed by atoms with Gasteiger partial charge in [0.2, 0.25) is 0 Å². The monoisotopic (exact) mass is 418 g/mol. The fourth-order valence-electron chi connectivity index (χ4n) is 3.94. The molecule has 1 N–H and O–H groups in total. The first-order valence-electron chi connectivity index (χ1n) is 10.1. The lowest BCUT2D eigenvalue weighted by atomic mass is 10.2. The largest absolute Gasteiger partial charge is 0.478 e. The van der Waals surface area contributed by atoms with E-state index < -0.39 is 5.97 Å². The first-order valence-corrected chi connectivity index (χ1v) is 10.1. The van der Waals surface area contributed by atoms with Crippen molar-refractivity contribution < 1.29 is 9.90 Å². The Kier molecular flexibility index (Phi) is 4.83. The smallest absolute Gasteiger partial charge is 0.335 e. The zero-order valence-corrected chi connectivity index (χ0v) is 17.1. The molecule has 0 aliphatic carbocycles. The third kappa shape index (κ3) is 3.73. The van der Waals surface area contributed by atoms with E-state index in [9.17, 15) is 9.90 Å². The molecular weight excluding hydrogens is 396 g/mol. The van der Waals surface area contributed by atoms with Gasteiger partial charge in [0.1, 0.15) is 6.33 Å². The van der Waals surface area contributed by atoms with Crippen LogP contribution >= 0.6 is 0 Å². The minimum absolute atomic E-state index is 0.237. The predicted octanol–water partition coefficient (Wildman–Crippen LogP) is 1.57. The molecule has 3 heterocycles. The number of carboxylic acid groups (broad SMARTS) is 1. The molecule has 2 aromatic heterocycles. The highest BCUT2D eigenvalue weighted by molar-refractivity contribution is 5.92. The molecule has 0 saturated carbocycles. The maximum atomic E-state index is 11.2. The average Bonchev–Trinajstić information content (AvgIpc) is 3.40. The van der Waals surface area contributed by atoms with Gasteiger partial charge in [-0.2, -0.15) is 0 Å². The number of hydrogen-bond acceptors (Lipinski definition) is 7. The summed E-state index contributed by atoms with van der Waals surface area (Å²) in [5.41, 5.74) is 3.93. The van der Waals surface area contributed by atoms with Crippen molar-refractivity contribution in [3.05, 3.63) is 60.2 Å². The molecule has 0 radical (unpaired) electrons. The first-order chi connectivity index (χ1) is 15.1. The van der Waals surface area contributed by atoms with E-state index in [0.717, 1.165) is 55.4 Å². The Balaban J connectivity index is 1.32. The Bertz CT molecular complexity index is 1240. The van der Waals surface area contributed by atoms with Crippen LogP contribution in [-0.4, -0.2) is 71.9 Å². The fourth-order valence-corrected chi connectivity index (χ4v) is 3.94. The molecule has 158 valence electrons. The van der Waals surface area contributed by atoms with Gasteiger partial charge in [0, 0.05) is 44.6 Å². The van der Waals surface area contributed by atoms with E-state index in [-0.39, 0.29) is 5.56 Å². The standard InChI is InChI=1S/C21H22N8O2/c1-26-20(23-24-25-26)13-27-7-9-28(10-8-27)16-3-2-4-17(12-16)29-14-22-18-11-15(21(30)31)5-6-19(18)29/h2-6,11-12,14H,7-10,13H2,1H3,(H,30,31). The highest BCUT2D eigenvalue weighted by atomic mass is 16.4. The first kappa shape index (κ1) is 19.2. The summed E-state index contributed by atoms with van der Waals surface area (Å²) in [7, 11) is 1.86. The van der Waals surface area contributed by atoms with E-state index in [4.69, 9.17) is 0 Å². The van der Waals surface area contributed by atoms with Crippen LogP contribution in [0, 0.1) is 0 Å². The van der Waals surface area contributed by atoms with Crippen LogP contribution < -0.4 is 4.90 Å². The van der Waals surface area contributed by atoms with Crippen molar-refractivity contribution >= 4 is 22.7 Å². The van der Waals surface area contributed by atoms with Crippen LogP contribution in [0.2, 0.25) is 0 Å². The van der Waals surface area contributed by atoms with Crippen LogP contribution in [0.4, 0.5) is 5.69 Å². The lowest BCUT2D eigenvalue weighted by Crippen LogP contribution is -2.46. The zero-order chi connectivity index (χ0) is 21.4. The van der Waals surface area contributed by atoms with Gasteiger partial charge in [0.05, 0.1) is 23.1 Å². The summed E-state index contributed by atoms with van der Waals surface area (Å²) < 4.78 is 3.70. The maximum Gasteiger partial charge on any atom is 0.335 e. The lowest BCUT2D eigenvalue weighted by molar-refractivity contribution is 0.0697. The van der Waals surface area contributed by atoms with Crippen molar-refractivity contribution in [3.63, 3.8) is 0 Å². The summed E-state index contributed by atoms with van der Waals surface area (Å²) in [4.78, 5) is 20.3. The van der Waals surface area contributed by atoms with Crippen molar-refractivity contribution in [2.75, 3.05) is 31.1 Å². The summed E-state index contributed by atoms with van der Waals surface area (Å²) >= 11 is 0. The minimum atomic E-state index is -0.951. The Morgan fingerprint density at radius 1 is 1.06 bits per heavy atom. The van der Waals surface area contributed by atoms with E-state index in [0.29, 0.717) is 5.52 Å². The molecule has 1 aliphatic heterocycles. The SMILES string of the molecule is Cn1nnnc1CN1CCN(c2cccc(-n3cnc4cc(C(=O)O)ccc43)c2)CC1. The second-order valence-corrected chi connectivity index (χ2v) is 7.62. The molecule has 31 heavy (non-hydrogen) atoms. The van der Waals surface area contributed by atoms with Gasteiger partial charge < -0.3 is 10.0 Å². The van der Waals surface area contributed by atoms with E-state index in [2.05, 4.69) is 42.4 Å². The topological polar surface area (TPSA) is 105 Å². The molecule has 1 saturated heterocycles. The summed E-state index contributed by atoms with van der Waals surface area (Å²) in [6, 6.07) is 13.4. The highest BCUT2D eigenvalue weighted by Crippen LogP contribution is 2.24. The fraction of sp³-hybridized carbons (Fsp3) is 0.286. The molecule has 10 nitrogen and oxygen atoms in total. The second-order valence-electron chi connectivity index (χ2n) is 7.62. The van der Waals surface area contributed by atoms with E-state index >= 15 is 0 Å². The number of nitrogens with zero attached hydrogens (tertiary/aromatic N) is 8. The van der Waals surface area contributed by atoms with Gasteiger partial charge in [-0.15, -0.1) is 5.10 Å². The quantitative estimate of drug-likeness (QED) is 0.521. The summed E-state index contributed by atoms with van der Waals surface area (Å²) in [5, 5.41) is 20.9. The number of hydrogen-bond donors (Lipinski definition) is 1. The van der Waals surface area contributed by atoms with E-state index in [1.54, 1.807) is 29.2 Å².